The van der Waals surface area contributed by atoms with Crippen molar-refractivity contribution in [3.8, 4) is 0 Å². The van der Waals surface area contributed by atoms with E-state index in [-0.39, 0.29) is 21.7 Å². The Morgan fingerprint density at radius 1 is 1.29 bits per heavy atom. The number of nitrogens with two attached hydrogens (primary N) is 1. The lowest BCUT2D eigenvalue weighted by Crippen LogP contribution is -2.18. The number of rotatable bonds is 4. The average molecular weight is 352 g/mol. The fourth-order valence-corrected chi connectivity index (χ4v) is 4.83. The smallest absolute Gasteiger partial charge is 0.210 e. The zero-order chi connectivity index (χ0) is 17.5. The Morgan fingerprint density at radius 3 is 2.54 bits per heavy atom. The average Bonchev–Trinajstić information content (AvgIpc) is 3.11. The predicted octanol–water partition coefficient (Wildman–Crippen LogP) is 2.84. The van der Waals surface area contributed by atoms with Crippen LogP contribution in [0, 0.1) is 19.7 Å². The van der Waals surface area contributed by atoms with Crippen LogP contribution in [0.5, 0.6) is 0 Å². The summed E-state index contributed by atoms with van der Waals surface area (Å²) in [6, 6.07) is 4.79. The number of sulfone groups is 1. The molecule has 24 heavy (non-hydrogen) atoms. The van der Waals surface area contributed by atoms with Gasteiger partial charge in [-0.2, -0.15) is 0 Å². The molecule has 0 aliphatic carbocycles. The molecular formula is C17H21FN2O3S. The van der Waals surface area contributed by atoms with E-state index in [9.17, 15) is 12.8 Å². The summed E-state index contributed by atoms with van der Waals surface area (Å²) in [6.45, 7) is 4.86. The molecule has 0 spiro atoms. The van der Waals surface area contributed by atoms with Crippen molar-refractivity contribution in [2.24, 2.45) is 0 Å². The van der Waals surface area contributed by atoms with E-state index in [0.717, 1.165) is 37.3 Å². The largest absolute Gasteiger partial charge is 0.384 e. The van der Waals surface area contributed by atoms with Gasteiger partial charge in [-0.25, -0.2) is 12.8 Å². The van der Waals surface area contributed by atoms with Crippen LogP contribution < -0.4 is 5.73 Å². The van der Waals surface area contributed by atoms with Crippen LogP contribution in [0.3, 0.4) is 0 Å². The van der Waals surface area contributed by atoms with E-state index in [1.54, 1.807) is 6.92 Å². The Morgan fingerprint density at radius 2 is 1.96 bits per heavy atom. The second-order valence-corrected chi connectivity index (χ2v) is 8.01. The van der Waals surface area contributed by atoms with E-state index in [1.807, 2.05) is 11.5 Å². The minimum atomic E-state index is -3.81. The van der Waals surface area contributed by atoms with Crippen molar-refractivity contribution < 1.29 is 17.5 Å². The predicted molar refractivity (Wildman–Crippen MR) is 89.1 cm³/mol. The lowest BCUT2D eigenvalue weighted by Gasteiger charge is -2.14. The van der Waals surface area contributed by atoms with Crippen LogP contribution in [0.15, 0.2) is 34.1 Å². The Kier molecular flexibility index (Phi) is 4.40. The van der Waals surface area contributed by atoms with E-state index in [1.165, 1.54) is 12.1 Å². The van der Waals surface area contributed by atoms with Gasteiger partial charge < -0.3 is 15.0 Å². The summed E-state index contributed by atoms with van der Waals surface area (Å²) < 4.78 is 46.4. The summed E-state index contributed by atoms with van der Waals surface area (Å²) in [4.78, 5) is 0.137. The molecule has 0 bridgehead atoms. The van der Waals surface area contributed by atoms with Gasteiger partial charge in [-0.15, -0.1) is 0 Å². The molecule has 1 atom stereocenters. The third kappa shape index (κ3) is 2.82. The molecule has 0 radical (unpaired) electrons. The van der Waals surface area contributed by atoms with Gasteiger partial charge in [-0.3, -0.25) is 0 Å². The molecule has 1 saturated heterocycles. The second kappa shape index (κ2) is 6.22. The van der Waals surface area contributed by atoms with Crippen LogP contribution in [0.1, 0.15) is 24.1 Å². The number of ether oxygens (including phenoxy) is 1. The van der Waals surface area contributed by atoms with E-state index in [2.05, 4.69) is 0 Å². The molecule has 1 aliphatic heterocycles. The maximum atomic E-state index is 13.1. The van der Waals surface area contributed by atoms with Gasteiger partial charge in [0, 0.05) is 12.3 Å². The number of hydrogen-bond acceptors (Lipinski definition) is 4. The van der Waals surface area contributed by atoms with Gasteiger partial charge in [0.05, 0.1) is 17.5 Å². The van der Waals surface area contributed by atoms with Crippen LogP contribution in [-0.4, -0.2) is 25.7 Å². The molecule has 0 amide bonds. The highest BCUT2D eigenvalue weighted by Crippen LogP contribution is 2.34. The van der Waals surface area contributed by atoms with Crippen molar-refractivity contribution >= 4 is 15.7 Å². The lowest BCUT2D eigenvalue weighted by molar-refractivity contribution is 0.0970. The number of anilines is 1. The van der Waals surface area contributed by atoms with Crippen LogP contribution in [0.25, 0.3) is 0 Å². The third-order valence-electron chi connectivity index (χ3n) is 4.61. The summed E-state index contributed by atoms with van der Waals surface area (Å²) >= 11 is 0. The first-order chi connectivity index (χ1) is 11.3. The maximum absolute atomic E-state index is 13.1. The fourth-order valence-electron chi connectivity index (χ4n) is 3.16. The Balaban J connectivity index is 2.06. The third-order valence-corrected chi connectivity index (χ3v) is 6.56. The number of nitrogens with zero attached hydrogens (tertiary/aromatic N) is 1. The maximum Gasteiger partial charge on any atom is 0.210 e. The molecule has 7 heteroatoms. The quantitative estimate of drug-likeness (QED) is 0.859. The van der Waals surface area contributed by atoms with Crippen molar-refractivity contribution in [3.05, 3.63) is 41.3 Å². The molecule has 1 aromatic heterocycles. The van der Waals surface area contributed by atoms with Gasteiger partial charge in [-0.1, -0.05) is 0 Å². The monoisotopic (exact) mass is 352 g/mol. The highest BCUT2D eigenvalue weighted by molar-refractivity contribution is 7.91. The van der Waals surface area contributed by atoms with E-state index in [0.29, 0.717) is 12.1 Å². The van der Waals surface area contributed by atoms with Gasteiger partial charge in [0.1, 0.15) is 16.5 Å². The van der Waals surface area contributed by atoms with Gasteiger partial charge in [-0.05, 0) is 56.5 Å². The SMILES string of the molecule is Cc1c(S(=O)(=O)c2ccc(F)cc2)c(N)n(C[C@@H]2CCCO2)c1C. The molecule has 1 aromatic carbocycles. The number of halogens is 1. The molecule has 130 valence electrons. The number of nitrogen functional groups attached to an aromatic ring is 1. The molecule has 0 unspecified atom stereocenters. The van der Waals surface area contributed by atoms with Crippen molar-refractivity contribution in [1.82, 2.24) is 4.57 Å². The highest BCUT2D eigenvalue weighted by Gasteiger charge is 2.29. The highest BCUT2D eigenvalue weighted by atomic mass is 32.2. The van der Waals surface area contributed by atoms with Crippen LogP contribution >= 0.6 is 0 Å². The Labute approximate surface area is 141 Å². The van der Waals surface area contributed by atoms with Crippen LogP contribution in [-0.2, 0) is 21.1 Å². The fraction of sp³-hybridized carbons (Fsp3) is 0.412. The summed E-state index contributed by atoms with van der Waals surface area (Å²) in [5.41, 5.74) is 7.62. The van der Waals surface area contributed by atoms with E-state index < -0.39 is 15.7 Å². The number of aromatic nitrogens is 1. The molecule has 2 N–H and O–H groups in total. The zero-order valence-corrected chi connectivity index (χ0v) is 14.6. The summed E-state index contributed by atoms with van der Waals surface area (Å²) in [5.74, 6) is -0.268. The molecule has 1 aliphatic rings. The summed E-state index contributed by atoms with van der Waals surface area (Å²) in [7, 11) is -3.81. The number of hydrogen-bond donors (Lipinski definition) is 1. The first-order valence-electron chi connectivity index (χ1n) is 7.89. The molecule has 5 nitrogen and oxygen atoms in total. The summed E-state index contributed by atoms with van der Waals surface area (Å²) in [6.07, 6.45) is 2.00. The van der Waals surface area contributed by atoms with Gasteiger partial charge in [0.15, 0.2) is 0 Å². The first kappa shape index (κ1) is 17.0. The van der Waals surface area contributed by atoms with E-state index in [4.69, 9.17) is 10.5 Å². The first-order valence-corrected chi connectivity index (χ1v) is 9.38. The topological polar surface area (TPSA) is 74.3 Å². The molecule has 0 saturated carbocycles. The molecule has 3 rings (SSSR count). The Bertz CT molecular complexity index is 851. The van der Waals surface area contributed by atoms with Crippen molar-refractivity contribution in [2.75, 3.05) is 12.3 Å². The van der Waals surface area contributed by atoms with Crippen molar-refractivity contribution in [3.63, 3.8) is 0 Å². The molecular weight excluding hydrogens is 331 g/mol. The van der Waals surface area contributed by atoms with Gasteiger partial charge in [0.25, 0.3) is 0 Å². The normalized spacial score (nSPS) is 18.2. The van der Waals surface area contributed by atoms with Crippen LogP contribution in [0.2, 0.25) is 0 Å². The van der Waals surface area contributed by atoms with Gasteiger partial charge in [0.2, 0.25) is 9.84 Å². The minimum Gasteiger partial charge on any atom is -0.384 e. The minimum absolute atomic E-state index is 0.0352. The second-order valence-electron chi connectivity index (χ2n) is 6.13. The number of benzene rings is 1. The standard InChI is InChI=1S/C17H21FN2O3S/c1-11-12(2)20(10-14-4-3-9-23-14)17(19)16(11)24(21,22)15-7-5-13(18)6-8-15/h5-8,14H,3-4,9-10,19H2,1-2H3/t14-/m0/s1. The molecule has 1 fully saturated rings. The zero-order valence-electron chi connectivity index (χ0n) is 13.8. The van der Waals surface area contributed by atoms with Crippen molar-refractivity contribution in [2.45, 2.75) is 49.1 Å². The molecule has 2 heterocycles. The molecule has 2 aromatic rings. The lowest BCUT2D eigenvalue weighted by atomic mass is 10.2. The van der Waals surface area contributed by atoms with E-state index >= 15 is 0 Å². The van der Waals surface area contributed by atoms with Gasteiger partial charge >= 0.3 is 0 Å². The summed E-state index contributed by atoms with van der Waals surface area (Å²) in [5, 5.41) is 0. The van der Waals surface area contributed by atoms with Crippen molar-refractivity contribution in [1.29, 1.82) is 0 Å². The Hall–Kier alpha value is -1.86. The van der Waals surface area contributed by atoms with Crippen LogP contribution in [0.4, 0.5) is 10.2 Å².